The summed E-state index contributed by atoms with van der Waals surface area (Å²) in [6, 6.07) is 4.96. The fourth-order valence-electron chi connectivity index (χ4n) is 2.78. The molecule has 1 aliphatic rings. The molecule has 2 rings (SSSR count). The van der Waals surface area contributed by atoms with Crippen LogP contribution in [0.3, 0.4) is 0 Å². The molecule has 140 valence electrons. The zero-order valence-electron chi connectivity index (χ0n) is 14.4. The number of nitrogens with two attached hydrogens (primary N) is 1. The Kier molecular flexibility index (Phi) is 6.66. The molecule has 8 heteroatoms. The standard InChI is InChI=1S/C17H25F3N4O/c1-13(21)16(25)22-6-3-7-23-8-10-24(11-9-23)15-5-2-4-14(12-15)17(18,19)20/h2,4-5,12-13H,3,6-11,21H2,1H3,(H,22,25). The smallest absolute Gasteiger partial charge is 0.369 e. The molecule has 0 aliphatic carbocycles. The lowest BCUT2D eigenvalue weighted by Gasteiger charge is -2.36. The number of nitrogens with zero attached hydrogens (tertiary/aromatic N) is 2. The van der Waals surface area contributed by atoms with E-state index < -0.39 is 17.8 Å². The fraction of sp³-hybridized carbons (Fsp3) is 0.588. The number of benzene rings is 1. The van der Waals surface area contributed by atoms with E-state index >= 15 is 0 Å². The van der Waals surface area contributed by atoms with Gasteiger partial charge in [-0.15, -0.1) is 0 Å². The van der Waals surface area contributed by atoms with Gasteiger partial charge in [0.15, 0.2) is 0 Å². The molecule has 0 aromatic heterocycles. The molecule has 1 fully saturated rings. The zero-order valence-corrected chi connectivity index (χ0v) is 14.4. The lowest BCUT2D eigenvalue weighted by molar-refractivity contribution is -0.137. The van der Waals surface area contributed by atoms with Crippen LogP contribution in [-0.2, 0) is 11.0 Å². The molecule has 0 radical (unpaired) electrons. The third-order valence-corrected chi connectivity index (χ3v) is 4.27. The van der Waals surface area contributed by atoms with Gasteiger partial charge in [-0.1, -0.05) is 6.07 Å². The molecule has 1 atom stereocenters. The highest BCUT2D eigenvalue weighted by Gasteiger charge is 2.31. The summed E-state index contributed by atoms with van der Waals surface area (Å²) in [5.41, 5.74) is 5.47. The van der Waals surface area contributed by atoms with Gasteiger partial charge in [-0.25, -0.2) is 0 Å². The second-order valence-electron chi connectivity index (χ2n) is 6.31. The molecular weight excluding hydrogens is 333 g/mol. The number of alkyl halides is 3. The molecule has 1 aromatic rings. The van der Waals surface area contributed by atoms with Gasteiger partial charge in [0.1, 0.15) is 0 Å². The maximum absolute atomic E-state index is 12.8. The Hall–Kier alpha value is -1.80. The number of halogens is 3. The highest BCUT2D eigenvalue weighted by Crippen LogP contribution is 2.31. The van der Waals surface area contributed by atoms with E-state index in [1.807, 2.05) is 4.90 Å². The molecule has 0 spiro atoms. The first-order chi connectivity index (χ1) is 11.8. The third kappa shape index (κ3) is 5.89. The highest BCUT2D eigenvalue weighted by molar-refractivity contribution is 5.80. The minimum Gasteiger partial charge on any atom is -0.369 e. The predicted octanol–water partition coefficient (Wildman–Crippen LogP) is 1.68. The summed E-state index contributed by atoms with van der Waals surface area (Å²) in [5.74, 6) is -0.158. The number of hydrogen-bond donors (Lipinski definition) is 2. The summed E-state index contributed by atoms with van der Waals surface area (Å²) in [6.45, 7) is 6.02. The molecule has 1 aromatic carbocycles. The first-order valence-corrected chi connectivity index (χ1v) is 8.45. The lowest BCUT2D eigenvalue weighted by Crippen LogP contribution is -2.47. The fourth-order valence-corrected chi connectivity index (χ4v) is 2.78. The Balaban J connectivity index is 1.75. The third-order valence-electron chi connectivity index (χ3n) is 4.27. The van der Waals surface area contributed by atoms with E-state index in [0.717, 1.165) is 32.1 Å². The summed E-state index contributed by atoms with van der Waals surface area (Å²) in [6.07, 6.45) is -3.49. The Labute approximate surface area is 146 Å². The topological polar surface area (TPSA) is 61.6 Å². The predicted molar refractivity (Wildman–Crippen MR) is 91.4 cm³/mol. The van der Waals surface area contributed by atoms with Crippen molar-refractivity contribution in [2.24, 2.45) is 5.73 Å². The number of carbonyl (C=O) groups excluding carboxylic acids is 1. The van der Waals surface area contributed by atoms with Crippen LogP contribution in [0.25, 0.3) is 0 Å². The van der Waals surface area contributed by atoms with Gasteiger partial charge >= 0.3 is 6.18 Å². The first kappa shape index (κ1) is 19.5. The van der Waals surface area contributed by atoms with Crippen molar-refractivity contribution < 1.29 is 18.0 Å². The molecule has 3 N–H and O–H groups in total. The van der Waals surface area contributed by atoms with Crippen LogP contribution in [0.4, 0.5) is 18.9 Å². The van der Waals surface area contributed by atoms with Crippen molar-refractivity contribution in [2.45, 2.75) is 25.6 Å². The monoisotopic (exact) mass is 358 g/mol. The van der Waals surface area contributed by atoms with Gasteiger partial charge in [-0.05, 0) is 38.1 Å². The molecular formula is C17H25F3N4O. The van der Waals surface area contributed by atoms with E-state index in [0.29, 0.717) is 25.3 Å². The van der Waals surface area contributed by atoms with Crippen molar-refractivity contribution >= 4 is 11.6 Å². The van der Waals surface area contributed by atoms with Crippen molar-refractivity contribution in [1.82, 2.24) is 10.2 Å². The van der Waals surface area contributed by atoms with Crippen molar-refractivity contribution in [1.29, 1.82) is 0 Å². The maximum atomic E-state index is 12.8. The largest absolute Gasteiger partial charge is 0.416 e. The Bertz CT molecular complexity index is 569. The lowest BCUT2D eigenvalue weighted by atomic mass is 10.1. The van der Waals surface area contributed by atoms with Crippen LogP contribution >= 0.6 is 0 Å². The number of rotatable bonds is 6. The molecule has 1 aliphatic heterocycles. The Morgan fingerprint density at radius 1 is 1.28 bits per heavy atom. The van der Waals surface area contributed by atoms with Gasteiger partial charge in [-0.3, -0.25) is 9.69 Å². The molecule has 25 heavy (non-hydrogen) atoms. The van der Waals surface area contributed by atoms with Crippen molar-refractivity contribution in [3.05, 3.63) is 29.8 Å². The Morgan fingerprint density at radius 2 is 1.96 bits per heavy atom. The minimum atomic E-state index is -4.32. The summed E-state index contributed by atoms with van der Waals surface area (Å²) in [7, 11) is 0. The maximum Gasteiger partial charge on any atom is 0.416 e. The number of piperazine rings is 1. The number of amides is 1. The Morgan fingerprint density at radius 3 is 2.56 bits per heavy atom. The van der Waals surface area contributed by atoms with Crippen LogP contribution in [0.2, 0.25) is 0 Å². The van der Waals surface area contributed by atoms with Gasteiger partial charge in [0, 0.05) is 38.4 Å². The van der Waals surface area contributed by atoms with Crippen molar-refractivity contribution in [2.75, 3.05) is 44.2 Å². The van der Waals surface area contributed by atoms with E-state index in [4.69, 9.17) is 5.73 Å². The van der Waals surface area contributed by atoms with Gasteiger partial charge in [0.2, 0.25) is 5.91 Å². The van der Waals surface area contributed by atoms with E-state index in [9.17, 15) is 18.0 Å². The average molecular weight is 358 g/mol. The van der Waals surface area contributed by atoms with Gasteiger partial charge in [0.25, 0.3) is 0 Å². The number of hydrogen-bond acceptors (Lipinski definition) is 4. The second kappa shape index (κ2) is 8.53. The number of carbonyl (C=O) groups is 1. The first-order valence-electron chi connectivity index (χ1n) is 8.45. The van der Waals surface area contributed by atoms with Crippen LogP contribution in [0.5, 0.6) is 0 Å². The molecule has 5 nitrogen and oxygen atoms in total. The van der Waals surface area contributed by atoms with Crippen LogP contribution in [0.1, 0.15) is 18.9 Å². The molecule has 1 heterocycles. The molecule has 0 saturated carbocycles. The highest BCUT2D eigenvalue weighted by atomic mass is 19.4. The van der Waals surface area contributed by atoms with Crippen LogP contribution in [-0.4, -0.2) is 56.1 Å². The molecule has 1 unspecified atom stereocenters. The summed E-state index contributed by atoms with van der Waals surface area (Å²) >= 11 is 0. The van der Waals surface area contributed by atoms with Crippen LogP contribution < -0.4 is 16.0 Å². The summed E-state index contributed by atoms with van der Waals surface area (Å²) < 4.78 is 38.4. The second-order valence-corrected chi connectivity index (χ2v) is 6.31. The summed E-state index contributed by atoms with van der Waals surface area (Å²) in [4.78, 5) is 15.6. The van der Waals surface area contributed by atoms with Gasteiger partial charge < -0.3 is 16.0 Å². The molecule has 1 amide bonds. The van der Waals surface area contributed by atoms with Crippen molar-refractivity contribution in [3.63, 3.8) is 0 Å². The van der Waals surface area contributed by atoms with E-state index in [1.54, 1.807) is 13.0 Å². The van der Waals surface area contributed by atoms with Gasteiger partial charge in [0.05, 0.1) is 11.6 Å². The number of nitrogens with one attached hydrogen (secondary N) is 1. The molecule has 0 bridgehead atoms. The van der Waals surface area contributed by atoms with Crippen LogP contribution in [0, 0.1) is 0 Å². The SMILES string of the molecule is CC(N)C(=O)NCCCN1CCN(c2cccc(C(F)(F)F)c2)CC1. The van der Waals surface area contributed by atoms with Crippen molar-refractivity contribution in [3.8, 4) is 0 Å². The van der Waals surface area contributed by atoms with Gasteiger partial charge in [-0.2, -0.15) is 13.2 Å². The molecule has 1 saturated heterocycles. The minimum absolute atomic E-state index is 0.158. The van der Waals surface area contributed by atoms with E-state index in [2.05, 4.69) is 10.2 Å². The normalized spacial score (nSPS) is 17.4. The number of anilines is 1. The average Bonchev–Trinajstić information content (AvgIpc) is 2.58. The summed E-state index contributed by atoms with van der Waals surface area (Å²) in [5, 5.41) is 2.77. The quantitative estimate of drug-likeness (QED) is 0.760. The van der Waals surface area contributed by atoms with E-state index in [-0.39, 0.29) is 5.91 Å². The van der Waals surface area contributed by atoms with E-state index in [1.165, 1.54) is 12.1 Å². The van der Waals surface area contributed by atoms with Crippen LogP contribution in [0.15, 0.2) is 24.3 Å². The zero-order chi connectivity index (χ0) is 18.4.